The third-order valence-electron chi connectivity index (χ3n) is 4.43. The zero-order chi connectivity index (χ0) is 18.0. The number of hydrogen-bond donors (Lipinski definition) is 2. The molecule has 1 atom stereocenters. The summed E-state index contributed by atoms with van der Waals surface area (Å²) in [6, 6.07) is 7.06. The Kier molecular flexibility index (Phi) is 5.13. The van der Waals surface area contributed by atoms with E-state index in [0.29, 0.717) is 23.3 Å². The Morgan fingerprint density at radius 1 is 1.40 bits per heavy atom. The molecule has 1 aliphatic heterocycles. The molecule has 0 aliphatic carbocycles. The van der Waals surface area contributed by atoms with Gasteiger partial charge in [0.25, 0.3) is 5.91 Å². The van der Waals surface area contributed by atoms with Crippen LogP contribution < -0.4 is 5.32 Å². The average molecular weight is 403 g/mol. The van der Waals surface area contributed by atoms with Crippen molar-refractivity contribution in [3.05, 3.63) is 40.5 Å². The predicted octanol–water partition coefficient (Wildman–Crippen LogP) is 2.76. The van der Waals surface area contributed by atoms with Crippen LogP contribution in [0, 0.1) is 5.41 Å². The van der Waals surface area contributed by atoms with Gasteiger partial charge in [-0.2, -0.15) is 0 Å². The van der Waals surface area contributed by atoms with Crippen molar-refractivity contribution in [3.8, 4) is 0 Å². The maximum absolute atomic E-state index is 12.6. The molecule has 7 heteroatoms. The lowest BCUT2D eigenvalue weighted by atomic mass is 10.1. The van der Waals surface area contributed by atoms with E-state index in [4.69, 9.17) is 5.41 Å². The molecule has 1 saturated heterocycles. The van der Waals surface area contributed by atoms with Gasteiger partial charge in [-0.3, -0.25) is 14.6 Å². The van der Waals surface area contributed by atoms with Crippen LogP contribution in [0.25, 0.3) is 10.9 Å². The van der Waals surface area contributed by atoms with Crippen molar-refractivity contribution in [1.82, 2.24) is 15.2 Å². The predicted molar refractivity (Wildman–Crippen MR) is 99.9 cm³/mol. The Hall–Kier alpha value is -2.28. The van der Waals surface area contributed by atoms with Gasteiger partial charge in [0.1, 0.15) is 0 Å². The Bertz CT molecular complexity index is 847. The Morgan fingerprint density at radius 3 is 2.96 bits per heavy atom. The number of rotatable bonds is 4. The van der Waals surface area contributed by atoms with Crippen molar-refractivity contribution in [1.29, 1.82) is 5.41 Å². The molecular weight excluding hydrogens is 384 g/mol. The molecule has 130 valence electrons. The Labute approximate surface area is 154 Å². The molecule has 1 aliphatic rings. The van der Waals surface area contributed by atoms with E-state index in [1.807, 2.05) is 18.2 Å². The van der Waals surface area contributed by atoms with Gasteiger partial charge < -0.3 is 15.6 Å². The highest BCUT2D eigenvalue weighted by molar-refractivity contribution is 9.10. The van der Waals surface area contributed by atoms with Crippen molar-refractivity contribution in [2.45, 2.75) is 25.8 Å². The number of benzene rings is 1. The first-order chi connectivity index (χ1) is 12.0. The molecule has 1 aromatic heterocycles. The molecule has 0 saturated carbocycles. The molecule has 0 bridgehead atoms. The largest absolute Gasteiger partial charge is 0.343 e. The molecule has 1 fully saturated rings. The minimum absolute atomic E-state index is 0.0725. The average Bonchev–Trinajstić information content (AvgIpc) is 3.09. The standard InChI is InChI=1S/C18H19BrN4O2/c1-11(20)15-6-3-9-23(15)16(24)10-22-18(25)12-7-8-21-14-5-2-4-13(19)17(12)14/h2,4-5,7-8,15,20H,3,6,9-10H2,1H3,(H,22,25)/t15-/m0/s1. The number of nitrogens with zero attached hydrogens (tertiary/aromatic N) is 2. The molecule has 2 N–H and O–H groups in total. The molecule has 2 heterocycles. The van der Waals surface area contributed by atoms with Gasteiger partial charge in [-0.1, -0.05) is 22.0 Å². The fourth-order valence-electron chi connectivity index (χ4n) is 3.22. The SMILES string of the molecule is CC(=N)[C@@H]1CCCN1C(=O)CNC(=O)c1ccnc2cccc(Br)c12. The summed E-state index contributed by atoms with van der Waals surface area (Å²) in [4.78, 5) is 30.9. The summed E-state index contributed by atoms with van der Waals surface area (Å²) >= 11 is 3.45. The second-order valence-corrected chi connectivity index (χ2v) is 6.96. The van der Waals surface area contributed by atoms with E-state index in [1.165, 1.54) is 0 Å². The van der Waals surface area contributed by atoms with E-state index in [9.17, 15) is 9.59 Å². The fourth-order valence-corrected chi connectivity index (χ4v) is 3.79. The second kappa shape index (κ2) is 7.31. The van der Waals surface area contributed by atoms with E-state index < -0.39 is 0 Å². The first-order valence-electron chi connectivity index (χ1n) is 8.15. The van der Waals surface area contributed by atoms with E-state index in [2.05, 4.69) is 26.2 Å². The van der Waals surface area contributed by atoms with Crippen molar-refractivity contribution < 1.29 is 9.59 Å². The first kappa shape index (κ1) is 17.5. The fraction of sp³-hybridized carbons (Fsp3) is 0.333. The number of nitrogens with one attached hydrogen (secondary N) is 2. The van der Waals surface area contributed by atoms with Crippen LogP contribution in [0.1, 0.15) is 30.1 Å². The molecule has 0 spiro atoms. The second-order valence-electron chi connectivity index (χ2n) is 6.10. The molecule has 0 unspecified atom stereocenters. The van der Waals surface area contributed by atoms with Crippen molar-refractivity contribution in [3.63, 3.8) is 0 Å². The monoisotopic (exact) mass is 402 g/mol. The number of pyridine rings is 1. The normalized spacial score (nSPS) is 16.9. The van der Waals surface area contributed by atoms with E-state index >= 15 is 0 Å². The highest BCUT2D eigenvalue weighted by Crippen LogP contribution is 2.25. The number of carbonyl (C=O) groups excluding carboxylic acids is 2. The van der Waals surface area contributed by atoms with Gasteiger partial charge in [-0.05, 0) is 38.0 Å². The maximum Gasteiger partial charge on any atom is 0.252 e. The van der Waals surface area contributed by atoms with Crippen molar-refractivity contribution >= 4 is 44.4 Å². The highest BCUT2D eigenvalue weighted by atomic mass is 79.9. The summed E-state index contributed by atoms with van der Waals surface area (Å²) in [6.45, 7) is 2.28. The Morgan fingerprint density at radius 2 is 2.20 bits per heavy atom. The van der Waals surface area contributed by atoms with Gasteiger partial charge in [0.05, 0.1) is 23.7 Å². The molecule has 6 nitrogen and oxygen atoms in total. The molecule has 1 aromatic carbocycles. The van der Waals surface area contributed by atoms with Crippen molar-refractivity contribution in [2.24, 2.45) is 0 Å². The summed E-state index contributed by atoms with van der Waals surface area (Å²) in [5.41, 5.74) is 1.68. The minimum Gasteiger partial charge on any atom is -0.343 e. The van der Waals surface area contributed by atoms with Crippen LogP contribution in [0.4, 0.5) is 0 Å². The van der Waals surface area contributed by atoms with E-state index in [0.717, 1.165) is 22.7 Å². The smallest absolute Gasteiger partial charge is 0.252 e. The lowest BCUT2D eigenvalue weighted by Gasteiger charge is -2.24. The van der Waals surface area contributed by atoms with Crippen molar-refractivity contribution in [2.75, 3.05) is 13.1 Å². The first-order valence-corrected chi connectivity index (χ1v) is 8.94. The van der Waals surface area contributed by atoms with Gasteiger partial charge in [0, 0.05) is 28.3 Å². The molecule has 3 rings (SSSR count). The van der Waals surface area contributed by atoms with Gasteiger partial charge in [0.15, 0.2) is 0 Å². The summed E-state index contributed by atoms with van der Waals surface area (Å²) in [5.74, 6) is -0.463. The lowest BCUT2D eigenvalue weighted by molar-refractivity contribution is -0.129. The molecule has 2 amide bonds. The number of amides is 2. The van der Waals surface area contributed by atoms with Crippen LogP contribution in [0.15, 0.2) is 34.9 Å². The van der Waals surface area contributed by atoms with E-state index in [-0.39, 0.29) is 24.4 Å². The zero-order valence-corrected chi connectivity index (χ0v) is 15.5. The van der Waals surface area contributed by atoms with Gasteiger partial charge in [-0.15, -0.1) is 0 Å². The number of aromatic nitrogens is 1. The number of halogens is 1. The van der Waals surface area contributed by atoms with Crippen LogP contribution in [0.2, 0.25) is 0 Å². The summed E-state index contributed by atoms with van der Waals surface area (Å²) in [5, 5.41) is 11.2. The molecule has 0 radical (unpaired) electrons. The minimum atomic E-state index is -0.310. The van der Waals surface area contributed by atoms with Crippen LogP contribution in [0.3, 0.4) is 0 Å². The third kappa shape index (κ3) is 3.56. The summed E-state index contributed by atoms with van der Waals surface area (Å²) < 4.78 is 0.786. The number of likely N-dealkylation sites (tertiary alicyclic amines) is 1. The summed E-state index contributed by atoms with van der Waals surface area (Å²) in [6.07, 6.45) is 3.29. The van der Waals surface area contributed by atoms with E-state index in [1.54, 1.807) is 24.1 Å². The number of fused-ring (bicyclic) bond motifs is 1. The quantitative estimate of drug-likeness (QED) is 0.770. The van der Waals surface area contributed by atoms with Crippen LogP contribution >= 0.6 is 15.9 Å². The molecule has 25 heavy (non-hydrogen) atoms. The molecule has 2 aromatic rings. The molecular formula is C18H19BrN4O2. The van der Waals surface area contributed by atoms with Gasteiger partial charge in [0.2, 0.25) is 5.91 Å². The van der Waals surface area contributed by atoms with Gasteiger partial charge in [-0.25, -0.2) is 0 Å². The van der Waals surface area contributed by atoms with Crippen LogP contribution in [-0.2, 0) is 4.79 Å². The van der Waals surface area contributed by atoms with Gasteiger partial charge >= 0.3 is 0 Å². The highest BCUT2D eigenvalue weighted by Gasteiger charge is 2.30. The zero-order valence-electron chi connectivity index (χ0n) is 13.9. The Balaban J connectivity index is 1.73. The summed E-state index contributed by atoms with van der Waals surface area (Å²) in [7, 11) is 0. The third-order valence-corrected chi connectivity index (χ3v) is 5.09. The lowest BCUT2D eigenvalue weighted by Crippen LogP contribution is -2.44. The maximum atomic E-state index is 12.6. The number of carbonyl (C=O) groups is 2. The van der Waals surface area contributed by atoms with Crippen LogP contribution in [0.5, 0.6) is 0 Å². The van der Waals surface area contributed by atoms with Crippen LogP contribution in [-0.4, -0.2) is 46.5 Å². The number of hydrogen-bond acceptors (Lipinski definition) is 4. The topological polar surface area (TPSA) is 86.2 Å².